The van der Waals surface area contributed by atoms with Crippen LogP contribution in [0.15, 0.2) is 0 Å². The predicted octanol–water partition coefficient (Wildman–Crippen LogP) is 7.46. The van der Waals surface area contributed by atoms with Gasteiger partial charge >= 0.3 is 90.5 Å². The van der Waals surface area contributed by atoms with E-state index in [1.165, 1.54) is 0 Å². The van der Waals surface area contributed by atoms with E-state index in [2.05, 4.69) is 8.37 Å². The molecule has 34 heteroatoms. The zero-order valence-electron chi connectivity index (χ0n) is 21.4. The minimum atomic E-state index is -8.81. The third kappa shape index (κ3) is 6.51. The van der Waals surface area contributed by atoms with Gasteiger partial charge in [-0.05, 0) is 6.92 Å². The number of alkyl halides is 26. The molecule has 0 amide bonds. The molecule has 0 spiro atoms. The first-order valence-electron chi connectivity index (χ1n) is 10.3. The van der Waals surface area contributed by atoms with Gasteiger partial charge in [-0.15, -0.1) is 0 Å². The largest absolute Gasteiger partial charge is 0.460 e. The molecule has 1 unspecified atom stereocenters. The van der Waals surface area contributed by atoms with E-state index < -0.39 is 110 Å². The molecule has 0 saturated carbocycles. The van der Waals surface area contributed by atoms with Crippen LogP contribution >= 0.6 is 0 Å². The van der Waals surface area contributed by atoms with E-state index in [0.717, 1.165) is 0 Å². The van der Waals surface area contributed by atoms with E-state index >= 15 is 0 Å². The van der Waals surface area contributed by atoms with Gasteiger partial charge in [0, 0.05) is 0 Å². The second-order valence-corrected chi connectivity index (χ2v) is 12.0. The van der Waals surface area contributed by atoms with Crippen LogP contribution in [0, 0.1) is 0 Å². The van der Waals surface area contributed by atoms with Crippen molar-refractivity contribution in [1.29, 1.82) is 0 Å². The van der Waals surface area contributed by atoms with E-state index in [4.69, 9.17) is 0 Å². The van der Waals surface area contributed by atoms with Crippen molar-refractivity contribution in [3.05, 3.63) is 0 Å². The summed E-state index contributed by atoms with van der Waals surface area (Å²) in [7, 11) is -16.8. The molecule has 0 aliphatic carbocycles. The summed E-state index contributed by atoms with van der Waals surface area (Å²) in [5.74, 6) is -69.2. The Morgan fingerprint density at radius 3 is 0.857 bits per heavy atom. The Labute approximate surface area is 250 Å². The summed E-state index contributed by atoms with van der Waals surface area (Å²) in [4.78, 5) is 0. The molecular formula is C15H6F26O6S2. The Balaban J connectivity index is 6.55. The topological polar surface area (TPSA) is 86.7 Å². The second-order valence-electron chi connectivity index (χ2n) is 8.72. The third-order valence-corrected chi connectivity index (χ3v) is 7.98. The molecule has 0 saturated heterocycles. The fourth-order valence-corrected chi connectivity index (χ4v) is 4.40. The summed E-state index contributed by atoms with van der Waals surface area (Å²) in [6.07, 6.45) is -19.7. The molecule has 0 fully saturated rings. The smallest absolute Gasteiger partial charge is 0.263 e. The van der Waals surface area contributed by atoms with Gasteiger partial charge < -0.3 is 0 Å². The first-order chi connectivity index (χ1) is 20.6. The number of hydrogen-bond donors (Lipinski definition) is 0. The maximum absolute atomic E-state index is 13.8. The molecule has 1 atom stereocenters. The van der Waals surface area contributed by atoms with Crippen LogP contribution in [-0.2, 0) is 28.6 Å². The maximum Gasteiger partial charge on any atom is 0.460 e. The fourth-order valence-electron chi connectivity index (χ4n) is 2.39. The van der Waals surface area contributed by atoms with Gasteiger partial charge in [-0.2, -0.15) is 131 Å². The van der Waals surface area contributed by atoms with Crippen LogP contribution in [0.1, 0.15) is 6.92 Å². The highest BCUT2D eigenvalue weighted by Crippen LogP contribution is 2.63. The molecule has 0 rings (SSSR count). The van der Waals surface area contributed by atoms with Crippen molar-refractivity contribution < 1.29 is 139 Å². The van der Waals surface area contributed by atoms with Gasteiger partial charge in [0.2, 0.25) is 0 Å². The van der Waals surface area contributed by atoms with Crippen molar-refractivity contribution in [2.75, 3.05) is 6.61 Å². The summed E-state index contributed by atoms with van der Waals surface area (Å²) in [6, 6.07) is 0. The highest BCUT2D eigenvalue weighted by Gasteiger charge is 2.94. The summed E-state index contributed by atoms with van der Waals surface area (Å²) in [5.41, 5.74) is 0. The van der Waals surface area contributed by atoms with E-state index in [1.54, 1.807) is 0 Å². The summed E-state index contributed by atoms with van der Waals surface area (Å²) < 4.78 is 390. The lowest BCUT2D eigenvalue weighted by atomic mass is 9.98. The van der Waals surface area contributed by atoms with Crippen molar-refractivity contribution in [3.63, 3.8) is 0 Å². The monoisotopic (exact) mass is 840 g/mol. The molecule has 0 bridgehead atoms. The molecule has 0 aromatic rings. The van der Waals surface area contributed by atoms with E-state index in [1.807, 2.05) is 0 Å². The first kappa shape index (κ1) is 47.0. The van der Waals surface area contributed by atoms with E-state index in [-0.39, 0.29) is 0 Å². The minimum absolute atomic E-state index is 0.547. The SMILES string of the molecule is CC(COS(=O)(=O)C(F)(F)C(F)(F)C(F)(F)C(F)(F)C(F)(F)C(F)(F)F)OS(=O)(=O)C(F)(F)C(F)(F)C(F)(F)C(F)(F)C(F)(F)C(F)(F)F. The van der Waals surface area contributed by atoms with Crippen LogP contribution in [0.2, 0.25) is 0 Å². The number of rotatable bonds is 15. The first-order valence-corrected chi connectivity index (χ1v) is 13.1. The summed E-state index contributed by atoms with van der Waals surface area (Å²) in [5, 5.41) is -16.4. The zero-order chi connectivity index (χ0) is 40.7. The van der Waals surface area contributed by atoms with Crippen LogP contribution < -0.4 is 0 Å². The zero-order valence-corrected chi connectivity index (χ0v) is 23.0. The molecule has 6 nitrogen and oxygen atoms in total. The minimum Gasteiger partial charge on any atom is -0.263 e. The van der Waals surface area contributed by atoms with Crippen LogP contribution in [0.25, 0.3) is 0 Å². The average molecular weight is 840 g/mol. The Hall–Kier alpha value is -2.00. The molecule has 0 N–H and O–H groups in total. The molecule has 296 valence electrons. The van der Waals surface area contributed by atoms with Crippen LogP contribution in [0.5, 0.6) is 0 Å². The van der Waals surface area contributed by atoms with Crippen molar-refractivity contribution >= 4 is 20.2 Å². The van der Waals surface area contributed by atoms with Crippen LogP contribution in [0.4, 0.5) is 114 Å². The molecule has 0 heterocycles. The lowest BCUT2D eigenvalue weighted by Crippen LogP contribution is -2.71. The Morgan fingerprint density at radius 2 is 0.612 bits per heavy atom. The van der Waals surface area contributed by atoms with Gasteiger partial charge in [-0.25, -0.2) is 0 Å². The number of halogens is 26. The molecule has 0 aliphatic rings. The van der Waals surface area contributed by atoms with Crippen molar-refractivity contribution in [2.24, 2.45) is 0 Å². The van der Waals surface area contributed by atoms with Crippen molar-refractivity contribution in [3.8, 4) is 0 Å². The van der Waals surface area contributed by atoms with Gasteiger partial charge in [-0.3, -0.25) is 8.37 Å². The summed E-state index contributed by atoms with van der Waals surface area (Å²) >= 11 is 0. The van der Waals surface area contributed by atoms with E-state index in [9.17, 15) is 131 Å². The quantitative estimate of drug-likeness (QED) is 0.126. The molecule has 0 aromatic carbocycles. The highest BCUT2D eigenvalue weighted by atomic mass is 32.2. The lowest BCUT2D eigenvalue weighted by molar-refractivity contribution is -0.433. The summed E-state index contributed by atoms with van der Waals surface area (Å²) in [6.45, 7) is -3.72. The molecule has 0 aromatic heterocycles. The van der Waals surface area contributed by atoms with Gasteiger partial charge in [0.1, 0.15) is 0 Å². The van der Waals surface area contributed by atoms with Gasteiger partial charge in [0.15, 0.2) is 0 Å². The third-order valence-electron chi connectivity index (χ3n) is 5.19. The lowest BCUT2D eigenvalue weighted by Gasteiger charge is -2.39. The number of hydrogen-bond acceptors (Lipinski definition) is 6. The van der Waals surface area contributed by atoms with Crippen molar-refractivity contribution in [2.45, 2.75) is 83.3 Å². The maximum atomic E-state index is 13.8. The fraction of sp³-hybridized carbons (Fsp3) is 1.00. The van der Waals surface area contributed by atoms with Crippen molar-refractivity contribution in [1.82, 2.24) is 0 Å². The molecule has 0 radical (unpaired) electrons. The van der Waals surface area contributed by atoms with Gasteiger partial charge in [0.05, 0.1) is 12.7 Å². The van der Waals surface area contributed by atoms with Gasteiger partial charge in [0.25, 0.3) is 0 Å². The predicted molar refractivity (Wildman–Crippen MR) is 95.9 cm³/mol. The second kappa shape index (κ2) is 12.0. The normalized spacial score (nSPS) is 17.4. The van der Waals surface area contributed by atoms with Crippen LogP contribution in [0.3, 0.4) is 0 Å². The Kier molecular flexibility index (Phi) is 11.5. The Morgan fingerprint density at radius 1 is 0.388 bits per heavy atom. The molecular weight excluding hydrogens is 834 g/mol. The standard InChI is InChI=1S/C15H6F26O6S2/c1-3(47-49(44,45)15(40,41)11(30,31)7(22,23)5(18,19)9(26,27)13(35,36)37)2-46-48(42,43)14(38,39)10(28,29)6(20,21)4(16,17)8(24,25)12(32,33)34/h3H,2H2,1H3. The van der Waals surface area contributed by atoms with E-state index in [0.29, 0.717) is 0 Å². The van der Waals surface area contributed by atoms with Gasteiger partial charge in [-0.1, -0.05) is 0 Å². The van der Waals surface area contributed by atoms with Crippen LogP contribution in [-0.4, -0.2) is 99.8 Å². The molecule has 0 aliphatic heterocycles. The Bertz CT molecular complexity index is 1420. The highest BCUT2D eigenvalue weighted by molar-refractivity contribution is 7.88. The average Bonchev–Trinajstić information content (AvgIpc) is 2.84. The molecule has 49 heavy (non-hydrogen) atoms.